The summed E-state index contributed by atoms with van der Waals surface area (Å²) in [6, 6.07) is 10.8. The van der Waals surface area contributed by atoms with E-state index in [1.54, 1.807) is 36.5 Å². The molecule has 0 unspecified atom stereocenters. The Kier molecular flexibility index (Phi) is 5.89. The largest absolute Gasteiger partial charge is 0.504 e. The van der Waals surface area contributed by atoms with Crippen LogP contribution in [0, 0.1) is 6.92 Å². The van der Waals surface area contributed by atoms with Crippen LogP contribution >= 0.6 is 0 Å². The number of rotatable bonds is 7. The molecule has 1 amide bonds. The fourth-order valence-electron chi connectivity index (χ4n) is 2.20. The van der Waals surface area contributed by atoms with Gasteiger partial charge in [0.1, 0.15) is 0 Å². The van der Waals surface area contributed by atoms with E-state index in [-0.39, 0.29) is 11.9 Å². The molecule has 0 atom stereocenters. The van der Waals surface area contributed by atoms with Gasteiger partial charge in [-0.05, 0) is 50.1 Å². The van der Waals surface area contributed by atoms with Crippen molar-refractivity contribution in [1.29, 1.82) is 0 Å². The van der Waals surface area contributed by atoms with Gasteiger partial charge in [0.15, 0.2) is 11.5 Å². The number of aromatic hydroxyl groups is 1. The third-order valence-electron chi connectivity index (χ3n) is 3.51. The summed E-state index contributed by atoms with van der Waals surface area (Å²) >= 11 is 0. The highest BCUT2D eigenvalue weighted by molar-refractivity contribution is 5.74. The maximum Gasteiger partial charge on any atom is 0.211 e. The van der Waals surface area contributed by atoms with Crippen molar-refractivity contribution in [3.05, 3.63) is 53.7 Å². The lowest BCUT2D eigenvalue weighted by Gasteiger charge is -2.17. The zero-order valence-electron chi connectivity index (χ0n) is 14.5. The molecule has 2 rings (SSSR count). The number of ether oxygens (including phenoxy) is 1. The third kappa shape index (κ3) is 4.67. The molecule has 0 spiro atoms. The summed E-state index contributed by atoms with van der Waals surface area (Å²) in [5.41, 5.74) is 9.44. The number of carbonyl (C=O) groups excluding carboxylic acids is 1. The Bertz CT molecular complexity index is 768. The quantitative estimate of drug-likeness (QED) is 0.579. The van der Waals surface area contributed by atoms with Crippen molar-refractivity contribution in [2.45, 2.75) is 26.9 Å². The Morgan fingerprint density at radius 2 is 1.84 bits per heavy atom. The molecule has 0 bridgehead atoms. The van der Waals surface area contributed by atoms with Gasteiger partial charge in [0.05, 0.1) is 17.5 Å². The summed E-state index contributed by atoms with van der Waals surface area (Å²) in [6.07, 6.45) is 2.18. The fraction of sp³-hybridized carbons (Fsp3) is 0.211. The number of hydrogen-bond acceptors (Lipinski definition) is 5. The standard InChI is InChI=1S/C19H23N3O3/c1-12(2)25-19-17(9-4-13(3)18(19)24)21-10-16(20)14-5-7-15(8-6-14)22-11-23/h4-12,21,24H,20H2,1-3H3,(H,22,23)/b16-10-. The molecule has 0 aliphatic carbocycles. The second-order valence-electron chi connectivity index (χ2n) is 5.86. The van der Waals surface area contributed by atoms with Crippen LogP contribution in [0.3, 0.4) is 0 Å². The molecule has 6 nitrogen and oxygen atoms in total. The first-order chi connectivity index (χ1) is 11.9. The van der Waals surface area contributed by atoms with Gasteiger partial charge in [0.25, 0.3) is 0 Å². The lowest BCUT2D eigenvalue weighted by molar-refractivity contribution is -0.105. The van der Waals surface area contributed by atoms with Crippen LogP contribution in [0.5, 0.6) is 11.5 Å². The van der Waals surface area contributed by atoms with Crippen molar-refractivity contribution >= 4 is 23.5 Å². The predicted octanol–water partition coefficient (Wildman–Crippen LogP) is 3.43. The highest BCUT2D eigenvalue weighted by Crippen LogP contribution is 2.38. The lowest BCUT2D eigenvalue weighted by atomic mass is 10.1. The number of hydrogen-bond donors (Lipinski definition) is 4. The highest BCUT2D eigenvalue weighted by Gasteiger charge is 2.13. The van der Waals surface area contributed by atoms with E-state index < -0.39 is 0 Å². The summed E-state index contributed by atoms with van der Waals surface area (Å²) in [5, 5.41) is 15.9. The minimum Gasteiger partial charge on any atom is -0.504 e. The first-order valence-corrected chi connectivity index (χ1v) is 7.94. The first kappa shape index (κ1) is 18.2. The molecule has 132 valence electrons. The van der Waals surface area contributed by atoms with E-state index in [0.29, 0.717) is 29.2 Å². The molecule has 0 saturated carbocycles. The Morgan fingerprint density at radius 3 is 2.44 bits per heavy atom. The Labute approximate surface area is 147 Å². The average molecular weight is 341 g/mol. The lowest BCUT2D eigenvalue weighted by Crippen LogP contribution is -2.08. The second-order valence-corrected chi connectivity index (χ2v) is 5.86. The monoisotopic (exact) mass is 341 g/mol. The molecule has 0 fully saturated rings. The fourth-order valence-corrected chi connectivity index (χ4v) is 2.20. The number of nitrogens with one attached hydrogen (secondary N) is 2. The van der Waals surface area contributed by atoms with Gasteiger partial charge in [-0.1, -0.05) is 18.2 Å². The maximum atomic E-state index is 10.4. The Morgan fingerprint density at radius 1 is 1.16 bits per heavy atom. The van der Waals surface area contributed by atoms with Crippen LogP contribution in [0.2, 0.25) is 0 Å². The average Bonchev–Trinajstić information content (AvgIpc) is 2.58. The number of aryl methyl sites for hydroxylation is 1. The van der Waals surface area contributed by atoms with Gasteiger partial charge in [0, 0.05) is 11.9 Å². The van der Waals surface area contributed by atoms with Gasteiger partial charge in [-0.3, -0.25) is 4.79 Å². The van der Waals surface area contributed by atoms with Gasteiger partial charge < -0.3 is 26.2 Å². The van der Waals surface area contributed by atoms with Crippen molar-refractivity contribution in [2.24, 2.45) is 5.73 Å². The number of nitrogens with two attached hydrogens (primary N) is 1. The molecular weight excluding hydrogens is 318 g/mol. The molecule has 2 aromatic carbocycles. The third-order valence-corrected chi connectivity index (χ3v) is 3.51. The van der Waals surface area contributed by atoms with Crippen LogP contribution in [0.1, 0.15) is 25.0 Å². The molecule has 0 radical (unpaired) electrons. The molecule has 0 aliphatic rings. The molecule has 2 aromatic rings. The van der Waals surface area contributed by atoms with E-state index in [1.165, 1.54) is 0 Å². The zero-order valence-corrected chi connectivity index (χ0v) is 14.5. The number of phenols is 1. The molecule has 25 heavy (non-hydrogen) atoms. The number of benzene rings is 2. The molecule has 5 N–H and O–H groups in total. The molecule has 0 heterocycles. The van der Waals surface area contributed by atoms with Crippen molar-refractivity contribution < 1.29 is 14.6 Å². The summed E-state index contributed by atoms with van der Waals surface area (Å²) in [7, 11) is 0. The molecule has 0 aliphatic heterocycles. The van der Waals surface area contributed by atoms with Gasteiger partial charge in [-0.15, -0.1) is 0 Å². The second kappa shape index (κ2) is 8.10. The van der Waals surface area contributed by atoms with E-state index in [9.17, 15) is 9.90 Å². The summed E-state index contributed by atoms with van der Waals surface area (Å²) < 4.78 is 5.71. The van der Waals surface area contributed by atoms with Crippen LogP contribution in [-0.4, -0.2) is 17.6 Å². The van der Waals surface area contributed by atoms with Crippen molar-refractivity contribution in [3.63, 3.8) is 0 Å². The maximum absolute atomic E-state index is 10.4. The zero-order chi connectivity index (χ0) is 18.4. The van der Waals surface area contributed by atoms with Crippen LogP contribution in [0.25, 0.3) is 5.70 Å². The Hall–Kier alpha value is -3.15. The van der Waals surface area contributed by atoms with E-state index in [0.717, 1.165) is 11.1 Å². The van der Waals surface area contributed by atoms with Gasteiger partial charge >= 0.3 is 0 Å². The van der Waals surface area contributed by atoms with E-state index in [1.807, 2.05) is 26.8 Å². The van der Waals surface area contributed by atoms with Gasteiger partial charge in [-0.25, -0.2) is 0 Å². The molecule has 0 saturated heterocycles. The van der Waals surface area contributed by atoms with E-state index in [2.05, 4.69) is 10.6 Å². The minimum atomic E-state index is -0.0764. The van der Waals surface area contributed by atoms with Crippen LogP contribution < -0.4 is 21.1 Å². The van der Waals surface area contributed by atoms with Gasteiger partial charge in [0.2, 0.25) is 6.41 Å². The number of phenolic OH excluding ortho intramolecular Hbond substituents is 1. The molecule has 0 aromatic heterocycles. The Balaban J connectivity index is 2.22. The predicted molar refractivity (Wildman–Crippen MR) is 101 cm³/mol. The molecular formula is C19H23N3O3. The summed E-state index contributed by atoms with van der Waals surface area (Å²) in [6.45, 7) is 5.60. The topological polar surface area (TPSA) is 96.6 Å². The van der Waals surface area contributed by atoms with Crippen molar-refractivity contribution in [2.75, 3.05) is 10.6 Å². The number of anilines is 2. The SMILES string of the molecule is Cc1ccc(N/C=C(\N)c2ccc(NC=O)cc2)c(OC(C)C)c1O. The van der Waals surface area contributed by atoms with Gasteiger partial charge in [-0.2, -0.15) is 0 Å². The van der Waals surface area contributed by atoms with Crippen molar-refractivity contribution in [1.82, 2.24) is 0 Å². The summed E-state index contributed by atoms with van der Waals surface area (Å²) in [5.74, 6) is 0.500. The van der Waals surface area contributed by atoms with Crippen molar-refractivity contribution in [3.8, 4) is 11.5 Å². The molecule has 6 heteroatoms. The first-order valence-electron chi connectivity index (χ1n) is 7.94. The number of carbonyl (C=O) groups is 1. The van der Waals surface area contributed by atoms with Crippen LogP contribution in [0.15, 0.2) is 42.6 Å². The summed E-state index contributed by atoms with van der Waals surface area (Å²) in [4.78, 5) is 10.4. The smallest absolute Gasteiger partial charge is 0.211 e. The van der Waals surface area contributed by atoms with E-state index >= 15 is 0 Å². The van der Waals surface area contributed by atoms with Crippen LogP contribution in [-0.2, 0) is 4.79 Å². The van der Waals surface area contributed by atoms with E-state index in [4.69, 9.17) is 10.5 Å². The van der Waals surface area contributed by atoms with Crippen LogP contribution in [0.4, 0.5) is 11.4 Å². The highest BCUT2D eigenvalue weighted by atomic mass is 16.5. The minimum absolute atomic E-state index is 0.0764. The normalized spacial score (nSPS) is 11.3. The number of amides is 1.